The van der Waals surface area contributed by atoms with Crippen LogP contribution in [0.4, 0.5) is 5.69 Å². The summed E-state index contributed by atoms with van der Waals surface area (Å²) in [4.78, 5) is 26.7. The zero-order chi connectivity index (χ0) is 15.4. The maximum Gasteiger partial charge on any atom is 0.331 e. The molecule has 2 heterocycles. The lowest BCUT2D eigenvalue weighted by Gasteiger charge is -2.32. The SMILES string of the molecule is CCCn1cc(N)c(=O)n(CC2CN(CC)CCO2)c1=O. The first-order chi connectivity index (χ1) is 10.1. The van der Waals surface area contributed by atoms with Crippen LogP contribution >= 0.6 is 0 Å². The molecule has 0 spiro atoms. The van der Waals surface area contributed by atoms with E-state index in [4.69, 9.17) is 10.5 Å². The summed E-state index contributed by atoms with van der Waals surface area (Å²) in [7, 11) is 0. The topological polar surface area (TPSA) is 82.5 Å². The maximum atomic E-state index is 12.4. The molecule has 2 N–H and O–H groups in total. The molecule has 1 fully saturated rings. The van der Waals surface area contributed by atoms with Gasteiger partial charge in [0.2, 0.25) is 0 Å². The predicted octanol–water partition coefficient (Wildman–Crippen LogP) is -0.277. The van der Waals surface area contributed by atoms with Crippen LogP contribution in [0.15, 0.2) is 15.8 Å². The van der Waals surface area contributed by atoms with Gasteiger partial charge in [0.15, 0.2) is 0 Å². The molecule has 0 radical (unpaired) electrons. The molecule has 1 atom stereocenters. The fourth-order valence-corrected chi connectivity index (χ4v) is 2.62. The van der Waals surface area contributed by atoms with E-state index in [0.717, 1.165) is 26.1 Å². The number of hydrogen-bond donors (Lipinski definition) is 1. The van der Waals surface area contributed by atoms with Crippen molar-refractivity contribution in [1.29, 1.82) is 0 Å². The Balaban J connectivity index is 2.26. The van der Waals surface area contributed by atoms with E-state index >= 15 is 0 Å². The lowest BCUT2D eigenvalue weighted by atomic mass is 10.2. The average molecular weight is 296 g/mol. The van der Waals surface area contributed by atoms with Crippen LogP contribution in [0.5, 0.6) is 0 Å². The van der Waals surface area contributed by atoms with Crippen LogP contribution in [-0.4, -0.2) is 46.4 Å². The number of morpholine rings is 1. The van der Waals surface area contributed by atoms with Gasteiger partial charge in [-0.25, -0.2) is 4.79 Å². The molecule has 1 aliphatic rings. The second kappa shape index (κ2) is 6.91. The zero-order valence-corrected chi connectivity index (χ0v) is 12.7. The molecule has 118 valence electrons. The Morgan fingerprint density at radius 1 is 1.38 bits per heavy atom. The Hall–Kier alpha value is -1.60. The van der Waals surface area contributed by atoms with Crippen molar-refractivity contribution >= 4 is 5.69 Å². The Kier molecular flexibility index (Phi) is 5.19. The average Bonchev–Trinajstić information content (AvgIpc) is 2.49. The van der Waals surface area contributed by atoms with Crippen LogP contribution in [-0.2, 0) is 17.8 Å². The third kappa shape index (κ3) is 3.54. The van der Waals surface area contributed by atoms with E-state index in [9.17, 15) is 9.59 Å². The Morgan fingerprint density at radius 2 is 2.14 bits per heavy atom. The normalized spacial score (nSPS) is 19.8. The molecule has 1 aromatic rings. The van der Waals surface area contributed by atoms with Crippen molar-refractivity contribution in [3.05, 3.63) is 27.0 Å². The smallest absolute Gasteiger partial charge is 0.331 e. The summed E-state index contributed by atoms with van der Waals surface area (Å²) in [5.74, 6) is 0. The highest BCUT2D eigenvalue weighted by Crippen LogP contribution is 2.06. The van der Waals surface area contributed by atoms with E-state index in [-0.39, 0.29) is 24.0 Å². The summed E-state index contributed by atoms with van der Waals surface area (Å²) in [6, 6.07) is 0. The van der Waals surface area contributed by atoms with Crippen LogP contribution in [0.25, 0.3) is 0 Å². The molecule has 1 unspecified atom stereocenters. The quantitative estimate of drug-likeness (QED) is 0.808. The highest BCUT2D eigenvalue weighted by Gasteiger charge is 2.21. The van der Waals surface area contributed by atoms with Gasteiger partial charge >= 0.3 is 5.69 Å². The minimum atomic E-state index is -0.426. The van der Waals surface area contributed by atoms with Gasteiger partial charge in [-0.05, 0) is 13.0 Å². The minimum Gasteiger partial charge on any atom is -0.393 e. The molecule has 0 amide bonds. The summed E-state index contributed by atoms with van der Waals surface area (Å²) in [6.07, 6.45) is 2.09. The molecule has 7 nitrogen and oxygen atoms in total. The van der Waals surface area contributed by atoms with Gasteiger partial charge in [-0.3, -0.25) is 18.8 Å². The number of rotatable bonds is 5. The van der Waals surface area contributed by atoms with Gasteiger partial charge in [-0.15, -0.1) is 0 Å². The molecular weight excluding hydrogens is 272 g/mol. The Bertz CT molecular complexity index is 593. The van der Waals surface area contributed by atoms with Crippen LogP contribution < -0.4 is 17.0 Å². The number of anilines is 1. The first-order valence-corrected chi connectivity index (χ1v) is 7.50. The van der Waals surface area contributed by atoms with Crippen molar-refractivity contribution in [1.82, 2.24) is 14.0 Å². The highest BCUT2D eigenvalue weighted by molar-refractivity contribution is 5.31. The van der Waals surface area contributed by atoms with Gasteiger partial charge in [0.05, 0.1) is 19.3 Å². The first kappa shape index (κ1) is 15.8. The standard InChI is InChI=1S/C14H24N4O3/c1-3-5-17-10-12(15)13(19)18(14(17)20)9-11-8-16(4-2)6-7-21-11/h10-11H,3-9,15H2,1-2H3. The third-order valence-electron chi connectivity index (χ3n) is 3.78. The number of ether oxygens (including phenoxy) is 1. The summed E-state index contributed by atoms with van der Waals surface area (Å²) >= 11 is 0. The van der Waals surface area contributed by atoms with E-state index in [2.05, 4.69) is 11.8 Å². The van der Waals surface area contributed by atoms with Crippen LogP contribution in [0, 0.1) is 0 Å². The van der Waals surface area contributed by atoms with Crippen LogP contribution in [0.2, 0.25) is 0 Å². The van der Waals surface area contributed by atoms with Gasteiger partial charge < -0.3 is 10.5 Å². The van der Waals surface area contributed by atoms with Crippen molar-refractivity contribution in [2.24, 2.45) is 0 Å². The van der Waals surface area contributed by atoms with Crippen molar-refractivity contribution in [2.75, 3.05) is 32.0 Å². The molecule has 21 heavy (non-hydrogen) atoms. The number of nitrogens with two attached hydrogens (primary N) is 1. The summed E-state index contributed by atoms with van der Waals surface area (Å²) in [5, 5.41) is 0. The number of aryl methyl sites for hydroxylation is 1. The lowest BCUT2D eigenvalue weighted by molar-refractivity contribution is -0.0353. The van der Waals surface area contributed by atoms with Crippen LogP contribution in [0.3, 0.4) is 0 Å². The van der Waals surface area contributed by atoms with Gasteiger partial charge in [-0.1, -0.05) is 13.8 Å². The van der Waals surface area contributed by atoms with Crippen molar-refractivity contribution in [3.8, 4) is 0 Å². The minimum absolute atomic E-state index is 0.103. The van der Waals surface area contributed by atoms with Gasteiger partial charge in [0, 0.05) is 25.8 Å². The molecule has 7 heteroatoms. The van der Waals surface area contributed by atoms with E-state index in [1.165, 1.54) is 15.3 Å². The Morgan fingerprint density at radius 3 is 2.81 bits per heavy atom. The Labute approximate surface area is 123 Å². The molecule has 0 aromatic carbocycles. The van der Waals surface area contributed by atoms with E-state index in [1.54, 1.807) is 0 Å². The largest absolute Gasteiger partial charge is 0.393 e. The summed E-state index contributed by atoms with van der Waals surface area (Å²) in [5.41, 5.74) is 5.10. The van der Waals surface area contributed by atoms with Gasteiger partial charge in [-0.2, -0.15) is 0 Å². The van der Waals surface area contributed by atoms with E-state index in [0.29, 0.717) is 13.2 Å². The number of hydrogen-bond acceptors (Lipinski definition) is 5. The predicted molar refractivity (Wildman–Crippen MR) is 81.5 cm³/mol. The molecule has 1 aliphatic heterocycles. The fourth-order valence-electron chi connectivity index (χ4n) is 2.62. The molecular formula is C14H24N4O3. The first-order valence-electron chi connectivity index (χ1n) is 7.50. The maximum absolute atomic E-state index is 12.4. The number of likely N-dealkylation sites (N-methyl/N-ethyl adjacent to an activating group) is 1. The monoisotopic (exact) mass is 296 g/mol. The molecule has 0 bridgehead atoms. The van der Waals surface area contributed by atoms with Gasteiger partial charge in [0.25, 0.3) is 5.56 Å². The summed E-state index contributed by atoms with van der Waals surface area (Å²) < 4.78 is 8.37. The number of nitrogens with zero attached hydrogens (tertiary/aromatic N) is 3. The van der Waals surface area contributed by atoms with Crippen molar-refractivity contribution in [2.45, 2.75) is 39.5 Å². The highest BCUT2D eigenvalue weighted by atomic mass is 16.5. The zero-order valence-electron chi connectivity index (χ0n) is 12.7. The van der Waals surface area contributed by atoms with Crippen LogP contribution in [0.1, 0.15) is 20.3 Å². The lowest BCUT2D eigenvalue weighted by Crippen LogP contribution is -2.49. The second-order valence-electron chi connectivity index (χ2n) is 5.36. The molecule has 0 saturated carbocycles. The van der Waals surface area contributed by atoms with Crippen molar-refractivity contribution in [3.63, 3.8) is 0 Å². The van der Waals surface area contributed by atoms with E-state index < -0.39 is 5.56 Å². The number of aromatic nitrogens is 2. The van der Waals surface area contributed by atoms with E-state index in [1.807, 2.05) is 6.92 Å². The molecule has 0 aliphatic carbocycles. The fraction of sp³-hybridized carbons (Fsp3) is 0.714. The molecule has 2 rings (SSSR count). The second-order valence-corrected chi connectivity index (χ2v) is 5.36. The third-order valence-corrected chi connectivity index (χ3v) is 3.78. The van der Waals surface area contributed by atoms with Gasteiger partial charge in [0.1, 0.15) is 5.69 Å². The summed E-state index contributed by atoms with van der Waals surface area (Å²) in [6.45, 7) is 8.04. The number of nitrogen functional groups attached to an aromatic ring is 1. The molecule has 1 saturated heterocycles. The molecule has 1 aromatic heterocycles. The van der Waals surface area contributed by atoms with Crippen molar-refractivity contribution < 1.29 is 4.74 Å².